The van der Waals surface area contributed by atoms with E-state index in [4.69, 9.17) is 27.9 Å². The van der Waals surface area contributed by atoms with E-state index in [1.807, 2.05) is 4.90 Å². The van der Waals surface area contributed by atoms with Crippen molar-refractivity contribution in [2.45, 2.75) is 24.9 Å². The quantitative estimate of drug-likeness (QED) is 0.864. The third-order valence-corrected chi connectivity index (χ3v) is 4.38. The Morgan fingerprint density at radius 1 is 1.21 bits per heavy atom. The van der Waals surface area contributed by atoms with Gasteiger partial charge in [0.15, 0.2) is 0 Å². The Kier molecular flexibility index (Phi) is 3.56. The highest BCUT2D eigenvalue weighted by Crippen LogP contribution is 2.30. The van der Waals surface area contributed by atoms with Gasteiger partial charge in [0.05, 0.1) is 35.3 Å². The number of carbonyl (C=O) groups excluding carboxylic acids is 1. The topological polar surface area (TPSA) is 41.6 Å². The van der Waals surface area contributed by atoms with Gasteiger partial charge in [0.25, 0.3) is 0 Å². The smallest absolute Gasteiger partial charge is 0.322 e. The maximum Gasteiger partial charge on any atom is 0.322 e. The molecule has 1 aromatic carbocycles. The zero-order valence-corrected chi connectivity index (χ0v) is 11.7. The van der Waals surface area contributed by atoms with Gasteiger partial charge >= 0.3 is 6.03 Å². The molecule has 0 saturated carbocycles. The lowest BCUT2D eigenvalue weighted by atomic mass is 10.2. The monoisotopic (exact) mass is 300 g/mol. The molecule has 0 spiro atoms. The Labute approximate surface area is 121 Å². The molecule has 0 aromatic heterocycles. The lowest BCUT2D eigenvalue weighted by Crippen LogP contribution is -2.50. The van der Waals surface area contributed by atoms with E-state index in [-0.39, 0.29) is 18.1 Å². The van der Waals surface area contributed by atoms with E-state index in [9.17, 15) is 4.79 Å². The van der Waals surface area contributed by atoms with Crippen molar-refractivity contribution in [1.82, 2.24) is 4.90 Å². The second-order valence-corrected chi connectivity index (χ2v) is 5.70. The molecule has 2 aliphatic heterocycles. The van der Waals surface area contributed by atoms with Crippen LogP contribution in [0.5, 0.6) is 0 Å². The summed E-state index contributed by atoms with van der Waals surface area (Å²) < 4.78 is 5.46. The van der Waals surface area contributed by atoms with Gasteiger partial charge in [-0.3, -0.25) is 0 Å². The third kappa shape index (κ3) is 2.53. The van der Waals surface area contributed by atoms with Crippen molar-refractivity contribution in [1.29, 1.82) is 0 Å². The molecule has 2 heterocycles. The summed E-state index contributed by atoms with van der Waals surface area (Å²) in [5.41, 5.74) is 0.658. The summed E-state index contributed by atoms with van der Waals surface area (Å²) in [4.78, 5) is 14.2. The van der Waals surface area contributed by atoms with Crippen LogP contribution in [-0.2, 0) is 4.74 Å². The summed E-state index contributed by atoms with van der Waals surface area (Å²) in [6.07, 6.45) is 2.03. The molecule has 4 nitrogen and oxygen atoms in total. The average molecular weight is 301 g/mol. The van der Waals surface area contributed by atoms with Crippen molar-refractivity contribution in [3.8, 4) is 0 Å². The minimum absolute atomic E-state index is 0.0887. The second-order valence-electron chi connectivity index (χ2n) is 4.89. The Bertz CT molecular complexity index is 493. The van der Waals surface area contributed by atoms with E-state index in [0.29, 0.717) is 28.9 Å². The number of hydrogen-bond acceptors (Lipinski definition) is 2. The predicted molar refractivity (Wildman–Crippen MR) is 74.9 cm³/mol. The molecule has 2 bridgehead atoms. The fraction of sp³-hybridized carbons (Fsp3) is 0.462. The standard InChI is InChI=1S/C13H14Cl2N2O2/c14-11-4-1-8(5-12(11)15)16-13(18)17-9-2-3-10(17)7-19-6-9/h1,4-5,9-10H,2-3,6-7H2,(H,16,18)/t9-,10-/m1/s1. The van der Waals surface area contributed by atoms with Gasteiger partial charge in [-0.15, -0.1) is 0 Å². The van der Waals surface area contributed by atoms with Crippen LogP contribution in [0.1, 0.15) is 12.8 Å². The SMILES string of the molecule is O=C(Nc1ccc(Cl)c(Cl)c1)N1[C@@H]2CC[C@@H]1COC2. The molecule has 2 aliphatic rings. The maximum atomic E-state index is 12.3. The van der Waals surface area contributed by atoms with Crippen molar-refractivity contribution in [2.75, 3.05) is 18.5 Å². The van der Waals surface area contributed by atoms with Crippen LogP contribution >= 0.6 is 23.2 Å². The number of halogens is 2. The Balaban J connectivity index is 1.72. The molecule has 1 N–H and O–H groups in total. The van der Waals surface area contributed by atoms with Crippen LogP contribution in [0.4, 0.5) is 10.5 Å². The van der Waals surface area contributed by atoms with Crippen LogP contribution < -0.4 is 5.32 Å². The van der Waals surface area contributed by atoms with Crippen LogP contribution in [0.15, 0.2) is 18.2 Å². The molecule has 0 radical (unpaired) electrons. The first-order valence-electron chi connectivity index (χ1n) is 6.27. The Morgan fingerprint density at radius 2 is 1.89 bits per heavy atom. The molecule has 102 valence electrons. The molecule has 2 fully saturated rings. The average Bonchev–Trinajstić information content (AvgIpc) is 2.64. The minimum atomic E-state index is -0.0887. The first-order chi connectivity index (χ1) is 9.15. The van der Waals surface area contributed by atoms with Gasteiger partial charge in [0.2, 0.25) is 0 Å². The first kappa shape index (κ1) is 13.0. The van der Waals surface area contributed by atoms with E-state index in [1.165, 1.54) is 0 Å². The number of urea groups is 1. The molecule has 3 rings (SSSR count). The van der Waals surface area contributed by atoms with Gasteiger partial charge < -0.3 is 15.0 Å². The fourth-order valence-electron chi connectivity index (χ4n) is 2.72. The van der Waals surface area contributed by atoms with Crippen LogP contribution in [-0.4, -0.2) is 36.2 Å². The fourth-order valence-corrected chi connectivity index (χ4v) is 3.02. The van der Waals surface area contributed by atoms with Gasteiger partial charge in [-0.05, 0) is 31.0 Å². The highest BCUT2D eigenvalue weighted by Gasteiger charge is 2.40. The number of carbonyl (C=O) groups is 1. The number of hydrogen-bond donors (Lipinski definition) is 1. The number of anilines is 1. The second kappa shape index (κ2) is 5.19. The summed E-state index contributed by atoms with van der Waals surface area (Å²) in [6.45, 7) is 1.26. The normalized spacial score (nSPS) is 25.5. The number of benzene rings is 1. The van der Waals surface area contributed by atoms with E-state index in [1.54, 1.807) is 18.2 Å². The van der Waals surface area contributed by atoms with Crippen LogP contribution in [0.2, 0.25) is 10.0 Å². The molecular weight excluding hydrogens is 287 g/mol. The number of nitrogens with one attached hydrogen (secondary N) is 1. The van der Waals surface area contributed by atoms with E-state index < -0.39 is 0 Å². The number of fused-ring (bicyclic) bond motifs is 2. The lowest BCUT2D eigenvalue weighted by Gasteiger charge is -2.34. The van der Waals surface area contributed by atoms with Crippen molar-refractivity contribution >= 4 is 34.9 Å². The first-order valence-corrected chi connectivity index (χ1v) is 7.03. The van der Waals surface area contributed by atoms with Gasteiger partial charge in [-0.25, -0.2) is 4.79 Å². The summed E-state index contributed by atoms with van der Waals surface area (Å²) >= 11 is 11.8. The number of rotatable bonds is 1. The molecule has 6 heteroatoms. The third-order valence-electron chi connectivity index (χ3n) is 3.65. The van der Waals surface area contributed by atoms with Crippen LogP contribution in [0.3, 0.4) is 0 Å². The molecule has 2 atom stereocenters. The molecule has 2 amide bonds. The lowest BCUT2D eigenvalue weighted by molar-refractivity contribution is 0.00949. The number of morpholine rings is 1. The van der Waals surface area contributed by atoms with Gasteiger partial charge in [-0.2, -0.15) is 0 Å². The maximum absolute atomic E-state index is 12.3. The number of ether oxygens (including phenoxy) is 1. The summed E-state index contributed by atoms with van der Waals surface area (Å²) in [7, 11) is 0. The predicted octanol–water partition coefficient (Wildman–Crippen LogP) is 3.39. The molecule has 2 saturated heterocycles. The van der Waals surface area contributed by atoms with Crippen LogP contribution in [0, 0.1) is 0 Å². The number of nitrogens with zero attached hydrogens (tertiary/aromatic N) is 1. The highest BCUT2D eigenvalue weighted by molar-refractivity contribution is 6.42. The van der Waals surface area contributed by atoms with Gasteiger partial charge in [-0.1, -0.05) is 23.2 Å². The van der Waals surface area contributed by atoms with Crippen LogP contribution in [0.25, 0.3) is 0 Å². The zero-order chi connectivity index (χ0) is 13.4. The number of amides is 2. The van der Waals surface area contributed by atoms with Crippen molar-refractivity contribution in [3.05, 3.63) is 28.2 Å². The summed E-state index contributed by atoms with van der Waals surface area (Å²) in [6, 6.07) is 5.38. The molecule has 1 aromatic rings. The molecular formula is C13H14Cl2N2O2. The largest absolute Gasteiger partial charge is 0.377 e. The Morgan fingerprint density at radius 3 is 2.53 bits per heavy atom. The zero-order valence-electron chi connectivity index (χ0n) is 10.2. The van der Waals surface area contributed by atoms with Crippen molar-refractivity contribution in [3.63, 3.8) is 0 Å². The molecule has 19 heavy (non-hydrogen) atoms. The Hall–Kier alpha value is -0.970. The molecule has 0 aliphatic carbocycles. The van der Waals surface area contributed by atoms with Gasteiger partial charge in [0.1, 0.15) is 0 Å². The van der Waals surface area contributed by atoms with E-state index >= 15 is 0 Å². The summed E-state index contributed by atoms with van der Waals surface area (Å²) in [5, 5.41) is 3.78. The van der Waals surface area contributed by atoms with E-state index in [2.05, 4.69) is 5.32 Å². The highest BCUT2D eigenvalue weighted by atomic mass is 35.5. The van der Waals surface area contributed by atoms with Crippen molar-refractivity contribution < 1.29 is 9.53 Å². The van der Waals surface area contributed by atoms with Crippen molar-refractivity contribution in [2.24, 2.45) is 0 Å². The molecule has 0 unspecified atom stereocenters. The van der Waals surface area contributed by atoms with Gasteiger partial charge in [0, 0.05) is 5.69 Å². The minimum Gasteiger partial charge on any atom is -0.377 e. The summed E-state index contributed by atoms with van der Waals surface area (Å²) in [5.74, 6) is 0. The van der Waals surface area contributed by atoms with E-state index in [0.717, 1.165) is 12.8 Å².